The van der Waals surface area contributed by atoms with Crippen molar-refractivity contribution in [3.05, 3.63) is 23.8 Å². The van der Waals surface area contributed by atoms with Crippen LogP contribution >= 0.6 is 0 Å². The Morgan fingerprint density at radius 2 is 1.97 bits per heavy atom. The summed E-state index contributed by atoms with van der Waals surface area (Å²) in [7, 11) is -3.32. The third-order valence-corrected chi connectivity index (χ3v) is 9.19. The van der Waals surface area contributed by atoms with Crippen molar-refractivity contribution < 1.29 is 37.4 Å². The van der Waals surface area contributed by atoms with Gasteiger partial charge in [0.1, 0.15) is 0 Å². The molecule has 0 aliphatic carbocycles. The lowest BCUT2D eigenvalue weighted by molar-refractivity contribution is -0.188. The minimum Gasteiger partial charge on any atom is -0.481 e. The van der Waals surface area contributed by atoms with E-state index in [0.717, 1.165) is 18.4 Å². The molecule has 3 heterocycles. The molecule has 2 fully saturated rings. The summed E-state index contributed by atoms with van der Waals surface area (Å²) in [6, 6.07) is 4.90. The van der Waals surface area contributed by atoms with E-state index in [1.807, 2.05) is 30.9 Å². The highest BCUT2D eigenvalue weighted by atomic mass is 32.2. The number of hydroxylamine groups is 2. The Balaban J connectivity index is 1.59. The van der Waals surface area contributed by atoms with Gasteiger partial charge in [0.15, 0.2) is 11.5 Å². The number of benzene rings is 1. The zero-order chi connectivity index (χ0) is 26.6. The van der Waals surface area contributed by atoms with Gasteiger partial charge in [0.05, 0.1) is 24.8 Å². The molecule has 0 spiro atoms. The van der Waals surface area contributed by atoms with Crippen LogP contribution in [-0.4, -0.2) is 97.6 Å². The Labute approximate surface area is 218 Å². The summed E-state index contributed by atoms with van der Waals surface area (Å²) < 4.78 is 37.1. The van der Waals surface area contributed by atoms with Crippen LogP contribution in [-0.2, 0) is 24.4 Å². The fourth-order valence-corrected chi connectivity index (χ4v) is 7.01. The summed E-state index contributed by atoms with van der Waals surface area (Å²) in [5.41, 5.74) is 0.790. The largest absolute Gasteiger partial charge is 0.481 e. The van der Waals surface area contributed by atoms with Crippen LogP contribution in [0.15, 0.2) is 18.2 Å². The lowest BCUT2D eigenvalue weighted by Crippen LogP contribution is -2.45. The molecule has 0 aromatic heterocycles. The number of sulfonamides is 1. The highest BCUT2D eigenvalue weighted by molar-refractivity contribution is 7.89. The number of ether oxygens (including phenoxy) is 2. The molecule has 3 aliphatic rings. The van der Waals surface area contributed by atoms with Crippen LogP contribution in [0.4, 0.5) is 0 Å². The van der Waals surface area contributed by atoms with Gasteiger partial charge in [-0.2, -0.15) is 0 Å². The molecule has 1 amide bonds. The number of carbonyl (C=O) groups excluding carboxylic acids is 1. The van der Waals surface area contributed by atoms with Crippen molar-refractivity contribution in [2.75, 3.05) is 51.9 Å². The van der Waals surface area contributed by atoms with E-state index in [1.54, 1.807) is 6.07 Å². The minimum atomic E-state index is -3.32. The van der Waals surface area contributed by atoms with Gasteiger partial charge in [-0.25, -0.2) is 17.8 Å². The predicted octanol–water partition coefficient (Wildman–Crippen LogP) is 1.89. The van der Waals surface area contributed by atoms with Gasteiger partial charge in [-0.1, -0.05) is 19.9 Å². The average Bonchev–Trinajstić information content (AvgIpc) is 3.56. The van der Waals surface area contributed by atoms with E-state index < -0.39 is 33.9 Å². The first-order chi connectivity index (χ1) is 17.7. The van der Waals surface area contributed by atoms with Gasteiger partial charge in [-0.3, -0.25) is 19.3 Å². The number of hydrogen-bond acceptors (Lipinski definition) is 8. The standard InChI is InChI=1S/C25H37N3O8S/c1-3-9-28(36-12-4-2)23(29)16-26-15-19(18-6-7-21-22(14-18)35-17-34-21)24(25(30)31)20(26)8-11-27-10-5-13-37(27,32)33/h6-7,14,19-20,24H,3-5,8-13,15-17H2,1-2H3,(H,30,31). The monoisotopic (exact) mass is 539 g/mol. The quantitative estimate of drug-likeness (QED) is 0.396. The van der Waals surface area contributed by atoms with Gasteiger partial charge < -0.3 is 14.6 Å². The average molecular weight is 540 g/mol. The van der Waals surface area contributed by atoms with Crippen molar-refractivity contribution in [1.82, 2.24) is 14.3 Å². The van der Waals surface area contributed by atoms with Crippen molar-refractivity contribution in [3.63, 3.8) is 0 Å². The van der Waals surface area contributed by atoms with Crippen molar-refractivity contribution in [3.8, 4) is 11.5 Å². The van der Waals surface area contributed by atoms with Crippen LogP contribution in [0.5, 0.6) is 11.5 Å². The summed E-state index contributed by atoms with van der Waals surface area (Å²) in [5, 5.41) is 11.7. The number of nitrogens with zero attached hydrogens (tertiary/aromatic N) is 3. The van der Waals surface area contributed by atoms with Crippen molar-refractivity contribution in [1.29, 1.82) is 0 Å². The molecule has 11 nitrogen and oxygen atoms in total. The maximum atomic E-state index is 13.2. The van der Waals surface area contributed by atoms with E-state index >= 15 is 0 Å². The number of carboxylic acids is 1. The van der Waals surface area contributed by atoms with Crippen LogP contribution in [0, 0.1) is 5.92 Å². The first-order valence-electron chi connectivity index (χ1n) is 13.0. The third kappa shape index (κ3) is 6.19. The zero-order valence-electron chi connectivity index (χ0n) is 21.5. The normalized spacial score (nSPS) is 25.0. The van der Waals surface area contributed by atoms with E-state index in [-0.39, 0.29) is 31.5 Å². The maximum absolute atomic E-state index is 13.2. The fraction of sp³-hybridized carbons (Fsp3) is 0.680. The van der Waals surface area contributed by atoms with Gasteiger partial charge in [-0.15, -0.1) is 0 Å². The topological polar surface area (TPSA) is 126 Å². The van der Waals surface area contributed by atoms with Gasteiger partial charge in [0.25, 0.3) is 5.91 Å². The smallest absolute Gasteiger partial charge is 0.308 e. The molecule has 0 radical (unpaired) electrons. The summed E-state index contributed by atoms with van der Waals surface area (Å²) in [6.45, 7) is 5.89. The molecule has 12 heteroatoms. The number of carbonyl (C=O) groups is 2. The molecule has 3 aliphatic heterocycles. The van der Waals surface area contributed by atoms with E-state index in [2.05, 4.69) is 0 Å². The summed E-state index contributed by atoms with van der Waals surface area (Å²) in [6.07, 6.45) is 2.37. The van der Waals surface area contributed by atoms with Gasteiger partial charge in [0, 0.05) is 38.1 Å². The Bertz CT molecular complexity index is 1080. The molecule has 1 aromatic rings. The Morgan fingerprint density at radius 3 is 2.65 bits per heavy atom. The lowest BCUT2D eigenvalue weighted by atomic mass is 9.84. The molecule has 2 saturated heterocycles. The molecule has 4 rings (SSSR count). The molecule has 1 aromatic carbocycles. The van der Waals surface area contributed by atoms with Crippen LogP contribution in [0.1, 0.15) is 51.0 Å². The second-order valence-corrected chi connectivity index (χ2v) is 11.9. The Hall–Kier alpha value is -2.41. The second-order valence-electron chi connectivity index (χ2n) is 9.77. The van der Waals surface area contributed by atoms with Crippen molar-refractivity contribution in [2.45, 2.75) is 51.5 Å². The zero-order valence-corrected chi connectivity index (χ0v) is 22.3. The molecule has 0 saturated carbocycles. The van der Waals surface area contributed by atoms with Crippen LogP contribution in [0.25, 0.3) is 0 Å². The summed E-state index contributed by atoms with van der Waals surface area (Å²) >= 11 is 0. The number of hydrogen-bond donors (Lipinski definition) is 1. The molecule has 3 unspecified atom stereocenters. The number of amides is 1. The highest BCUT2D eigenvalue weighted by Gasteiger charge is 2.48. The first-order valence-corrected chi connectivity index (χ1v) is 14.6. The van der Waals surface area contributed by atoms with Gasteiger partial charge >= 0.3 is 5.97 Å². The van der Waals surface area contributed by atoms with Gasteiger partial charge in [-0.05, 0) is 43.4 Å². The first kappa shape index (κ1) is 27.6. The third-order valence-electron chi connectivity index (χ3n) is 7.23. The maximum Gasteiger partial charge on any atom is 0.308 e. The molecule has 37 heavy (non-hydrogen) atoms. The number of carboxylic acid groups (broad SMARTS) is 1. The minimum absolute atomic E-state index is 0.00797. The predicted molar refractivity (Wildman–Crippen MR) is 135 cm³/mol. The summed E-state index contributed by atoms with van der Waals surface area (Å²) in [5.74, 6) is -1.14. The SMILES string of the molecule is CCCON(CCC)C(=O)CN1CC(c2ccc3c(c2)OCO3)C(C(=O)O)C1CCN1CCCS1(=O)=O. The van der Waals surface area contributed by atoms with Gasteiger partial charge in [0.2, 0.25) is 16.8 Å². The Morgan fingerprint density at radius 1 is 1.19 bits per heavy atom. The fourth-order valence-electron chi connectivity index (χ4n) is 5.47. The number of fused-ring (bicyclic) bond motifs is 1. The van der Waals surface area contributed by atoms with E-state index in [4.69, 9.17) is 14.3 Å². The van der Waals surface area contributed by atoms with E-state index in [9.17, 15) is 23.1 Å². The highest BCUT2D eigenvalue weighted by Crippen LogP contribution is 2.43. The molecular weight excluding hydrogens is 502 g/mol. The van der Waals surface area contributed by atoms with E-state index in [0.29, 0.717) is 50.6 Å². The van der Waals surface area contributed by atoms with Crippen molar-refractivity contribution in [2.24, 2.45) is 5.92 Å². The summed E-state index contributed by atoms with van der Waals surface area (Å²) in [4.78, 5) is 33.4. The van der Waals surface area contributed by atoms with Crippen LogP contribution < -0.4 is 9.47 Å². The Kier molecular flexibility index (Phi) is 8.94. The van der Waals surface area contributed by atoms with Crippen LogP contribution in [0.3, 0.4) is 0 Å². The molecular formula is C25H37N3O8S. The van der Waals surface area contributed by atoms with E-state index in [1.165, 1.54) is 9.37 Å². The number of aliphatic carboxylic acids is 1. The number of likely N-dealkylation sites (tertiary alicyclic amines) is 1. The van der Waals surface area contributed by atoms with Crippen LogP contribution in [0.2, 0.25) is 0 Å². The molecule has 206 valence electrons. The second kappa shape index (κ2) is 12.0. The lowest BCUT2D eigenvalue weighted by Gasteiger charge is -2.30. The number of rotatable bonds is 12. The molecule has 0 bridgehead atoms. The van der Waals surface area contributed by atoms with Crippen molar-refractivity contribution >= 4 is 21.9 Å². The molecule has 1 N–H and O–H groups in total. The molecule has 3 atom stereocenters.